The van der Waals surface area contributed by atoms with Crippen LogP contribution in [0, 0.1) is 0 Å². The van der Waals surface area contributed by atoms with Gasteiger partial charge in [-0.1, -0.05) is 0 Å². The molecule has 2 N–H and O–H groups in total. The zero-order valence-electron chi connectivity index (χ0n) is 11.5. The lowest BCUT2D eigenvalue weighted by atomic mass is 10.1. The smallest absolute Gasteiger partial charge is 0.273 e. The van der Waals surface area contributed by atoms with Crippen molar-refractivity contribution in [2.75, 3.05) is 19.7 Å². The number of nitrogens with two attached hydrogens (primary N) is 1. The predicted molar refractivity (Wildman–Crippen MR) is 75.3 cm³/mol. The van der Waals surface area contributed by atoms with E-state index in [0.717, 1.165) is 24.4 Å². The fourth-order valence-corrected chi connectivity index (χ4v) is 3.00. The Morgan fingerprint density at radius 2 is 2.53 bits per heavy atom. The first kappa shape index (κ1) is 14.4. The van der Waals surface area contributed by atoms with Crippen LogP contribution in [0.1, 0.15) is 48.2 Å². The second-order valence-corrected chi connectivity index (χ2v) is 5.72. The van der Waals surface area contributed by atoms with E-state index in [1.165, 1.54) is 11.3 Å². The Kier molecular flexibility index (Phi) is 4.90. The van der Waals surface area contributed by atoms with Crippen LogP contribution in [0.15, 0.2) is 5.38 Å². The highest BCUT2D eigenvalue weighted by Crippen LogP contribution is 2.20. The number of piperidine rings is 1. The van der Waals surface area contributed by atoms with E-state index in [4.69, 9.17) is 10.5 Å². The summed E-state index contributed by atoms with van der Waals surface area (Å²) in [6, 6.07) is -0.121. The van der Waals surface area contributed by atoms with Gasteiger partial charge in [-0.25, -0.2) is 4.98 Å². The van der Waals surface area contributed by atoms with Crippen molar-refractivity contribution < 1.29 is 9.53 Å². The van der Waals surface area contributed by atoms with Gasteiger partial charge in [0.1, 0.15) is 10.7 Å². The average Bonchev–Trinajstić information content (AvgIpc) is 2.88. The average molecular weight is 283 g/mol. The predicted octanol–water partition coefficient (Wildman–Crippen LogP) is 1.80. The van der Waals surface area contributed by atoms with Gasteiger partial charge in [0.2, 0.25) is 0 Å². The van der Waals surface area contributed by atoms with Crippen LogP contribution >= 0.6 is 11.3 Å². The first-order valence-corrected chi connectivity index (χ1v) is 7.61. The van der Waals surface area contributed by atoms with E-state index in [0.29, 0.717) is 18.8 Å². The lowest BCUT2D eigenvalue weighted by molar-refractivity contribution is 0.00705. The number of carbonyl (C=O) groups excluding carboxylic acids is 1. The minimum Gasteiger partial charge on any atom is -0.377 e. The molecule has 0 bridgehead atoms. The molecule has 0 saturated carbocycles. The van der Waals surface area contributed by atoms with Crippen LogP contribution in [0.5, 0.6) is 0 Å². The Morgan fingerprint density at radius 1 is 1.74 bits per heavy atom. The molecule has 106 valence electrons. The molecule has 1 aliphatic heterocycles. The van der Waals surface area contributed by atoms with Crippen molar-refractivity contribution in [3.63, 3.8) is 0 Å². The lowest BCUT2D eigenvalue weighted by Crippen LogP contribution is -2.43. The number of hydrogen-bond donors (Lipinski definition) is 1. The summed E-state index contributed by atoms with van der Waals surface area (Å²) in [4.78, 5) is 18.5. The van der Waals surface area contributed by atoms with E-state index in [2.05, 4.69) is 4.98 Å². The molecule has 2 heterocycles. The topological polar surface area (TPSA) is 68.5 Å². The number of likely N-dealkylation sites (tertiary alicyclic amines) is 1. The molecule has 6 heteroatoms. The van der Waals surface area contributed by atoms with Gasteiger partial charge in [0.15, 0.2) is 0 Å². The molecule has 0 aromatic carbocycles. The fourth-order valence-electron chi connectivity index (χ4n) is 2.25. The van der Waals surface area contributed by atoms with Gasteiger partial charge in [-0.3, -0.25) is 4.79 Å². The van der Waals surface area contributed by atoms with Crippen molar-refractivity contribution in [1.29, 1.82) is 0 Å². The molecule has 5 nitrogen and oxygen atoms in total. The summed E-state index contributed by atoms with van der Waals surface area (Å²) in [5.41, 5.74) is 6.28. The Labute approximate surface area is 117 Å². The van der Waals surface area contributed by atoms with Gasteiger partial charge in [0.25, 0.3) is 5.91 Å². The first-order valence-electron chi connectivity index (χ1n) is 6.73. The summed E-state index contributed by atoms with van der Waals surface area (Å²) in [5.74, 6) is -0.00690. The van der Waals surface area contributed by atoms with E-state index in [-0.39, 0.29) is 18.1 Å². The third kappa shape index (κ3) is 3.52. The highest BCUT2D eigenvalue weighted by molar-refractivity contribution is 7.09. The van der Waals surface area contributed by atoms with E-state index in [9.17, 15) is 4.79 Å². The number of amides is 1. The molecule has 2 rings (SSSR count). The molecule has 0 spiro atoms. The first-order chi connectivity index (χ1) is 9.11. The van der Waals surface area contributed by atoms with Crippen LogP contribution in [0.25, 0.3) is 0 Å². The van der Waals surface area contributed by atoms with Crippen LogP contribution in [-0.4, -0.2) is 41.6 Å². The molecule has 0 aliphatic carbocycles. The normalized spacial score (nSPS) is 21.4. The number of hydrogen-bond acceptors (Lipinski definition) is 5. The van der Waals surface area contributed by atoms with E-state index in [1.54, 1.807) is 5.38 Å². The minimum atomic E-state index is -0.121. The third-order valence-electron chi connectivity index (χ3n) is 3.20. The van der Waals surface area contributed by atoms with Crippen molar-refractivity contribution in [3.8, 4) is 0 Å². The van der Waals surface area contributed by atoms with Gasteiger partial charge < -0.3 is 15.4 Å². The molecule has 1 aromatic heterocycles. The molecule has 19 heavy (non-hydrogen) atoms. The zero-order chi connectivity index (χ0) is 13.8. The van der Waals surface area contributed by atoms with E-state index in [1.807, 2.05) is 18.7 Å². The Bertz CT molecular complexity index is 431. The van der Waals surface area contributed by atoms with Crippen molar-refractivity contribution in [3.05, 3.63) is 16.1 Å². The molecule has 2 atom stereocenters. The van der Waals surface area contributed by atoms with Crippen molar-refractivity contribution in [2.24, 2.45) is 5.73 Å². The molecule has 1 aliphatic rings. The molecular weight excluding hydrogens is 262 g/mol. The van der Waals surface area contributed by atoms with Crippen molar-refractivity contribution in [2.45, 2.75) is 38.8 Å². The minimum absolute atomic E-state index is 0.00690. The summed E-state index contributed by atoms with van der Waals surface area (Å²) in [6.45, 7) is 6.00. The van der Waals surface area contributed by atoms with Gasteiger partial charge in [-0.15, -0.1) is 11.3 Å². The molecule has 1 aromatic rings. The summed E-state index contributed by atoms with van der Waals surface area (Å²) in [5, 5.41) is 2.60. The SMILES string of the molecule is CCOC1CCCN(C(=O)c2csc(C(C)N)n2)C1. The van der Waals surface area contributed by atoms with E-state index >= 15 is 0 Å². The van der Waals surface area contributed by atoms with Gasteiger partial charge in [-0.05, 0) is 26.7 Å². The summed E-state index contributed by atoms with van der Waals surface area (Å²) in [6.07, 6.45) is 2.18. The monoisotopic (exact) mass is 283 g/mol. The Morgan fingerprint density at radius 3 is 3.16 bits per heavy atom. The third-order valence-corrected chi connectivity index (χ3v) is 4.24. The summed E-state index contributed by atoms with van der Waals surface area (Å²) < 4.78 is 5.61. The summed E-state index contributed by atoms with van der Waals surface area (Å²) >= 11 is 1.45. The molecular formula is C13H21N3O2S. The maximum absolute atomic E-state index is 12.4. The number of thiazole rings is 1. The highest BCUT2D eigenvalue weighted by Gasteiger charge is 2.26. The number of ether oxygens (including phenoxy) is 1. The van der Waals surface area contributed by atoms with Gasteiger partial charge in [0, 0.05) is 25.1 Å². The summed E-state index contributed by atoms with van der Waals surface area (Å²) in [7, 11) is 0. The van der Waals surface area contributed by atoms with Crippen LogP contribution in [-0.2, 0) is 4.74 Å². The van der Waals surface area contributed by atoms with Gasteiger partial charge >= 0.3 is 0 Å². The largest absolute Gasteiger partial charge is 0.377 e. The van der Waals surface area contributed by atoms with Gasteiger partial charge in [-0.2, -0.15) is 0 Å². The van der Waals surface area contributed by atoms with Crippen LogP contribution in [0.2, 0.25) is 0 Å². The number of carbonyl (C=O) groups is 1. The fraction of sp³-hybridized carbons (Fsp3) is 0.692. The second kappa shape index (κ2) is 6.45. The molecule has 1 fully saturated rings. The molecule has 0 radical (unpaired) electrons. The highest BCUT2D eigenvalue weighted by atomic mass is 32.1. The maximum atomic E-state index is 12.4. The van der Waals surface area contributed by atoms with Gasteiger partial charge in [0.05, 0.1) is 12.1 Å². The Hall–Kier alpha value is -0.980. The number of nitrogens with zero attached hydrogens (tertiary/aromatic N) is 2. The standard InChI is InChI=1S/C13H21N3O2S/c1-3-18-10-5-4-6-16(7-10)13(17)11-8-19-12(15-11)9(2)14/h8-10H,3-7,14H2,1-2H3. The quantitative estimate of drug-likeness (QED) is 0.915. The van der Waals surface area contributed by atoms with Crippen LogP contribution < -0.4 is 5.73 Å². The zero-order valence-corrected chi connectivity index (χ0v) is 12.3. The molecule has 2 unspecified atom stereocenters. The second-order valence-electron chi connectivity index (χ2n) is 4.83. The maximum Gasteiger partial charge on any atom is 0.273 e. The van der Waals surface area contributed by atoms with Crippen molar-refractivity contribution >= 4 is 17.2 Å². The Balaban J connectivity index is 2.01. The molecule has 1 amide bonds. The number of rotatable bonds is 4. The van der Waals surface area contributed by atoms with Crippen molar-refractivity contribution in [1.82, 2.24) is 9.88 Å². The molecule has 1 saturated heterocycles. The van der Waals surface area contributed by atoms with Crippen LogP contribution in [0.3, 0.4) is 0 Å². The lowest BCUT2D eigenvalue weighted by Gasteiger charge is -2.32. The van der Waals surface area contributed by atoms with E-state index < -0.39 is 0 Å². The number of aromatic nitrogens is 1. The van der Waals surface area contributed by atoms with Crippen LogP contribution in [0.4, 0.5) is 0 Å².